The van der Waals surface area contributed by atoms with Crippen LogP contribution in [0.25, 0.3) is 0 Å². The Labute approximate surface area is 105 Å². The Morgan fingerprint density at radius 3 is 2.82 bits per heavy atom. The van der Waals surface area contributed by atoms with Gasteiger partial charge in [-0.3, -0.25) is 14.6 Å². The molecule has 0 radical (unpaired) electrons. The molecular formula is C8H16N3O4PS. The third-order valence-corrected chi connectivity index (χ3v) is 5.87. The second-order valence-corrected chi connectivity index (χ2v) is 7.22. The summed E-state index contributed by atoms with van der Waals surface area (Å²) >= 11 is 5.29. The molecule has 1 fully saturated rings. The van der Waals surface area contributed by atoms with Gasteiger partial charge in [0.2, 0.25) is 6.57 Å². The Morgan fingerprint density at radius 2 is 2.41 bits per heavy atom. The van der Waals surface area contributed by atoms with Crippen molar-refractivity contribution in [1.82, 2.24) is 15.1 Å². The molecule has 2 amide bonds. The fourth-order valence-electron chi connectivity index (χ4n) is 1.40. The SMILES string of the molecule is CCCNP(=S)(OC)N1C[C@H](NC(=O)O)C1=O. The minimum atomic E-state index is -2.52. The fraction of sp³-hybridized carbons (Fsp3) is 0.750. The number of carbonyl (C=O) groups excluding carboxylic acids is 1. The van der Waals surface area contributed by atoms with E-state index in [1.54, 1.807) is 0 Å². The number of hydrogen-bond donors (Lipinski definition) is 3. The summed E-state index contributed by atoms with van der Waals surface area (Å²) in [7, 11) is 1.45. The summed E-state index contributed by atoms with van der Waals surface area (Å²) in [5, 5.41) is 13.7. The smallest absolute Gasteiger partial charge is 0.405 e. The van der Waals surface area contributed by atoms with Gasteiger partial charge in [0.25, 0.3) is 5.91 Å². The third kappa shape index (κ3) is 3.16. The highest BCUT2D eigenvalue weighted by Crippen LogP contribution is 2.49. The van der Waals surface area contributed by atoms with E-state index in [1.165, 1.54) is 11.8 Å². The number of hydrogen-bond acceptors (Lipinski definition) is 4. The highest BCUT2D eigenvalue weighted by molar-refractivity contribution is 8.10. The predicted octanol–water partition coefficient (Wildman–Crippen LogP) is 0.335. The molecule has 1 rings (SSSR count). The molecule has 1 heterocycles. The van der Waals surface area contributed by atoms with Gasteiger partial charge in [-0.15, -0.1) is 0 Å². The summed E-state index contributed by atoms with van der Waals surface area (Å²) in [6.07, 6.45) is -0.337. The zero-order valence-electron chi connectivity index (χ0n) is 9.67. The number of nitrogens with one attached hydrogen (secondary N) is 2. The average molecular weight is 281 g/mol. The Hall–Kier alpha value is -0.690. The molecule has 1 saturated heterocycles. The first-order valence-electron chi connectivity index (χ1n) is 5.16. The number of amides is 2. The Kier molecular flexibility index (Phi) is 4.88. The van der Waals surface area contributed by atoms with Gasteiger partial charge in [0.15, 0.2) is 0 Å². The molecule has 9 heteroatoms. The van der Waals surface area contributed by atoms with Gasteiger partial charge in [-0.2, -0.15) is 0 Å². The van der Waals surface area contributed by atoms with Crippen molar-refractivity contribution < 1.29 is 19.2 Å². The van der Waals surface area contributed by atoms with Crippen LogP contribution >= 0.6 is 6.57 Å². The lowest BCUT2D eigenvalue weighted by atomic mass is 10.2. The van der Waals surface area contributed by atoms with Crippen molar-refractivity contribution in [3.63, 3.8) is 0 Å². The van der Waals surface area contributed by atoms with Crippen LogP contribution in [0.2, 0.25) is 0 Å². The molecule has 7 nitrogen and oxygen atoms in total. The maximum Gasteiger partial charge on any atom is 0.405 e. The molecule has 0 saturated carbocycles. The van der Waals surface area contributed by atoms with Crippen molar-refractivity contribution in [2.24, 2.45) is 0 Å². The summed E-state index contributed by atoms with van der Waals surface area (Å²) < 4.78 is 6.61. The van der Waals surface area contributed by atoms with Gasteiger partial charge in [0.05, 0.1) is 6.54 Å². The minimum Gasteiger partial charge on any atom is -0.465 e. The summed E-state index contributed by atoms with van der Waals surface area (Å²) in [5.74, 6) is -0.332. The van der Waals surface area contributed by atoms with Crippen molar-refractivity contribution >= 4 is 30.4 Å². The van der Waals surface area contributed by atoms with E-state index in [2.05, 4.69) is 10.4 Å². The van der Waals surface area contributed by atoms with E-state index in [0.29, 0.717) is 6.54 Å². The molecule has 0 spiro atoms. The van der Waals surface area contributed by atoms with Crippen LogP contribution in [0.15, 0.2) is 0 Å². The fourth-order valence-corrected chi connectivity index (χ4v) is 3.90. The molecule has 2 atom stereocenters. The number of rotatable bonds is 6. The summed E-state index contributed by atoms with van der Waals surface area (Å²) in [6.45, 7) is 0.373. The molecule has 0 aliphatic carbocycles. The van der Waals surface area contributed by atoms with Gasteiger partial charge < -0.3 is 14.9 Å². The van der Waals surface area contributed by atoms with Crippen molar-refractivity contribution in [2.45, 2.75) is 19.4 Å². The zero-order valence-corrected chi connectivity index (χ0v) is 11.4. The molecule has 3 N–H and O–H groups in total. The molecule has 1 unspecified atom stereocenters. The number of carboxylic acid groups (broad SMARTS) is 1. The van der Waals surface area contributed by atoms with Crippen LogP contribution in [0.5, 0.6) is 0 Å². The van der Waals surface area contributed by atoms with Crippen LogP contribution < -0.4 is 10.4 Å². The Morgan fingerprint density at radius 1 is 1.76 bits per heavy atom. The van der Waals surface area contributed by atoms with Gasteiger partial charge in [-0.1, -0.05) is 6.92 Å². The van der Waals surface area contributed by atoms with Gasteiger partial charge in [-0.05, 0) is 18.2 Å². The van der Waals surface area contributed by atoms with Crippen LogP contribution in [0, 0.1) is 0 Å². The summed E-state index contributed by atoms with van der Waals surface area (Å²) in [5.41, 5.74) is 0. The van der Waals surface area contributed by atoms with Crippen molar-refractivity contribution in [3.05, 3.63) is 0 Å². The molecular weight excluding hydrogens is 265 g/mol. The summed E-state index contributed by atoms with van der Waals surface area (Å²) in [4.78, 5) is 22.1. The first-order chi connectivity index (χ1) is 7.94. The molecule has 98 valence electrons. The minimum absolute atomic E-state index is 0.257. The van der Waals surface area contributed by atoms with Crippen LogP contribution in [-0.4, -0.2) is 48.0 Å². The van der Waals surface area contributed by atoms with Gasteiger partial charge in [0, 0.05) is 13.7 Å². The zero-order chi connectivity index (χ0) is 13.1. The first kappa shape index (κ1) is 14.4. The lowest BCUT2D eigenvalue weighted by Gasteiger charge is -2.44. The molecule has 0 aromatic heterocycles. The van der Waals surface area contributed by atoms with E-state index in [4.69, 9.17) is 21.4 Å². The molecule has 17 heavy (non-hydrogen) atoms. The highest BCUT2D eigenvalue weighted by Gasteiger charge is 2.45. The lowest BCUT2D eigenvalue weighted by Crippen LogP contribution is -2.63. The average Bonchev–Trinajstić information content (AvgIpc) is 2.30. The van der Waals surface area contributed by atoms with Crippen LogP contribution in [0.4, 0.5) is 4.79 Å². The topological polar surface area (TPSA) is 90.9 Å². The maximum absolute atomic E-state index is 11.7. The third-order valence-electron chi connectivity index (χ3n) is 2.33. The largest absolute Gasteiger partial charge is 0.465 e. The first-order valence-corrected chi connectivity index (χ1v) is 7.84. The lowest BCUT2D eigenvalue weighted by molar-refractivity contribution is -0.136. The van der Waals surface area contributed by atoms with Gasteiger partial charge in [0.1, 0.15) is 6.04 Å². The van der Waals surface area contributed by atoms with Gasteiger partial charge in [-0.25, -0.2) is 4.79 Å². The van der Waals surface area contributed by atoms with Gasteiger partial charge >= 0.3 is 6.09 Å². The van der Waals surface area contributed by atoms with Crippen LogP contribution in [0.1, 0.15) is 13.3 Å². The van der Waals surface area contributed by atoms with E-state index in [0.717, 1.165) is 6.42 Å². The maximum atomic E-state index is 11.7. The standard InChI is InChI=1S/C8H16N3O4PS/c1-3-4-9-16(17,15-2)11-5-6(7(11)12)10-8(13)14/h6,10H,3-5H2,1-2H3,(H,9,17)(H,13,14)/t6-,16?/m0/s1. The van der Waals surface area contributed by atoms with Crippen molar-refractivity contribution in [1.29, 1.82) is 0 Å². The van der Waals surface area contributed by atoms with E-state index in [1.807, 2.05) is 6.92 Å². The molecule has 0 aromatic rings. The van der Waals surface area contributed by atoms with E-state index < -0.39 is 18.7 Å². The molecule has 0 aromatic carbocycles. The Bertz CT molecular complexity index is 365. The van der Waals surface area contributed by atoms with Crippen molar-refractivity contribution in [3.8, 4) is 0 Å². The second-order valence-electron chi connectivity index (χ2n) is 3.53. The Balaban J connectivity index is 2.60. The van der Waals surface area contributed by atoms with Crippen LogP contribution in [0.3, 0.4) is 0 Å². The second kappa shape index (κ2) is 5.77. The molecule has 0 bridgehead atoms. The summed E-state index contributed by atoms with van der Waals surface area (Å²) in [6, 6.07) is -0.701. The normalized spacial score (nSPS) is 22.8. The van der Waals surface area contributed by atoms with Crippen LogP contribution in [-0.2, 0) is 21.1 Å². The predicted molar refractivity (Wildman–Crippen MR) is 66.2 cm³/mol. The van der Waals surface area contributed by atoms with E-state index in [9.17, 15) is 9.59 Å². The highest BCUT2D eigenvalue weighted by atomic mass is 32.5. The number of β-lactam (4-membered cyclic amide) rings is 1. The quantitative estimate of drug-likeness (QED) is 0.480. The van der Waals surface area contributed by atoms with E-state index in [-0.39, 0.29) is 12.5 Å². The number of carbonyl (C=O) groups is 2. The monoisotopic (exact) mass is 281 g/mol. The van der Waals surface area contributed by atoms with E-state index >= 15 is 0 Å². The number of nitrogens with zero attached hydrogens (tertiary/aromatic N) is 1. The van der Waals surface area contributed by atoms with Crippen molar-refractivity contribution in [2.75, 3.05) is 20.2 Å². The molecule has 1 aliphatic rings. The molecule has 1 aliphatic heterocycles.